The van der Waals surface area contributed by atoms with Crippen LogP contribution in [0.25, 0.3) is 10.8 Å². The van der Waals surface area contributed by atoms with E-state index in [4.69, 9.17) is 9.47 Å². The summed E-state index contributed by atoms with van der Waals surface area (Å²) in [6.07, 6.45) is 0. The van der Waals surface area contributed by atoms with Crippen molar-refractivity contribution in [3.05, 3.63) is 66.7 Å². The molecular weight excluding hydrogens is 338 g/mol. The minimum Gasteiger partial charge on any atom is -0.493 e. The maximum atomic E-state index is 12.4. The molecule has 0 spiro atoms. The number of methoxy groups -OCH3 is 1. The molecule has 0 saturated carbocycles. The van der Waals surface area contributed by atoms with Crippen LogP contribution >= 0.6 is 0 Å². The molecule has 0 unspecified atom stereocenters. The average Bonchev–Trinajstić information content (AvgIpc) is 2.65. The number of nitrogens with one attached hydrogen (secondary N) is 1. The summed E-state index contributed by atoms with van der Waals surface area (Å²) in [5.74, 6) is 1.19. The summed E-state index contributed by atoms with van der Waals surface area (Å²) < 4.78 is 38.2. The van der Waals surface area contributed by atoms with Crippen molar-refractivity contribution in [1.82, 2.24) is 4.72 Å². The monoisotopic (exact) mass is 357 g/mol. The Kier molecular flexibility index (Phi) is 5.21. The van der Waals surface area contributed by atoms with E-state index >= 15 is 0 Å². The molecule has 0 saturated heterocycles. The first kappa shape index (κ1) is 17.3. The van der Waals surface area contributed by atoms with Crippen LogP contribution in [0.1, 0.15) is 0 Å². The lowest BCUT2D eigenvalue weighted by Gasteiger charge is -2.11. The quantitative estimate of drug-likeness (QED) is 0.660. The van der Waals surface area contributed by atoms with Crippen molar-refractivity contribution in [3.8, 4) is 11.5 Å². The van der Waals surface area contributed by atoms with E-state index in [0.29, 0.717) is 11.5 Å². The fourth-order valence-corrected chi connectivity index (χ4v) is 3.54. The maximum absolute atomic E-state index is 12.4. The number of rotatable bonds is 7. The summed E-state index contributed by atoms with van der Waals surface area (Å²) >= 11 is 0. The van der Waals surface area contributed by atoms with Gasteiger partial charge in [-0.15, -0.1) is 0 Å². The van der Waals surface area contributed by atoms with E-state index in [1.54, 1.807) is 37.4 Å². The third-order valence-electron chi connectivity index (χ3n) is 3.75. The van der Waals surface area contributed by atoms with Crippen LogP contribution in [0.5, 0.6) is 11.5 Å². The topological polar surface area (TPSA) is 64.6 Å². The Morgan fingerprint density at radius 2 is 1.56 bits per heavy atom. The molecule has 0 fully saturated rings. The van der Waals surface area contributed by atoms with Crippen LogP contribution in [0.2, 0.25) is 0 Å². The Hall–Kier alpha value is -2.57. The molecule has 1 N–H and O–H groups in total. The van der Waals surface area contributed by atoms with Gasteiger partial charge in [-0.05, 0) is 35.0 Å². The summed E-state index contributed by atoms with van der Waals surface area (Å²) in [5.41, 5.74) is 0. The molecule has 3 aromatic carbocycles. The molecule has 3 rings (SSSR count). The molecular formula is C19H19NO4S. The zero-order valence-corrected chi connectivity index (χ0v) is 14.6. The first-order chi connectivity index (χ1) is 12.1. The normalized spacial score (nSPS) is 11.4. The average molecular weight is 357 g/mol. The van der Waals surface area contributed by atoms with Crippen molar-refractivity contribution < 1.29 is 17.9 Å². The van der Waals surface area contributed by atoms with E-state index in [-0.39, 0.29) is 18.0 Å². The number of benzene rings is 3. The third-order valence-corrected chi connectivity index (χ3v) is 5.21. The van der Waals surface area contributed by atoms with Crippen molar-refractivity contribution in [2.75, 3.05) is 20.3 Å². The Morgan fingerprint density at radius 1 is 0.880 bits per heavy atom. The van der Waals surface area contributed by atoms with Crippen LogP contribution in [0.15, 0.2) is 71.6 Å². The van der Waals surface area contributed by atoms with Crippen molar-refractivity contribution in [3.63, 3.8) is 0 Å². The zero-order valence-electron chi connectivity index (χ0n) is 13.8. The van der Waals surface area contributed by atoms with Crippen molar-refractivity contribution in [2.24, 2.45) is 0 Å². The molecule has 0 bridgehead atoms. The summed E-state index contributed by atoms with van der Waals surface area (Å²) in [4.78, 5) is 0.239. The molecule has 0 atom stereocenters. The molecule has 130 valence electrons. The van der Waals surface area contributed by atoms with Crippen LogP contribution in [-0.4, -0.2) is 28.7 Å². The highest BCUT2D eigenvalue weighted by Gasteiger charge is 2.14. The predicted molar refractivity (Wildman–Crippen MR) is 97.6 cm³/mol. The van der Waals surface area contributed by atoms with Crippen LogP contribution in [0.4, 0.5) is 0 Å². The number of hydrogen-bond donors (Lipinski definition) is 1. The van der Waals surface area contributed by atoms with Crippen molar-refractivity contribution in [2.45, 2.75) is 4.90 Å². The van der Waals surface area contributed by atoms with E-state index in [9.17, 15) is 8.42 Å². The lowest BCUT2D eigenvalue weighted by Crippen LogP contribution is -2.28. The Morgan fingerprint density at radius 3 is 2.32 bits per heavy atom. The highest BCUT2D eigenvalue weighted by molar-refractivity contribution is 7.89. The van der Waals surface area contributed by atoms with Gasteiger partial charge in [0.1, 0.15) is 6.61 Å². The van der Waals surface area contributed by atoms with Crippen LogP contribution in [-0.2, 0) is 10.0 Å². The standard InChI is InChI=1S/C19H19NO4S/c1-23-18-8-4-5-9-19(18)24-13-12-20-25(21,22)17-11-10-15-6-2-3-7-16(15)14-17/h2-11,14,20H,12-13H2,1H3. The van der Waals surface area contributed by atoms with E-state index in [0.717, 1.165) is 10.8 Å². The van der Waals surface area contributed by atoms with Crippen molar-refractivity contribution in [1.29, 1.82) is 0 Å². The summed E-state index contributed by atoms with van der Waals surface area (Å²) in [6, 6.07) is 19.9. The van der Waals surface area contributed by atoms with Gasteiger partial charge < -0.3 is 9.47 Å². The van der Waals surface area contributed by atoms with Gasteiger partial charge in [0.05, 0.1) is 12.0 Å². The van der Waals surface area contributed by atoms with Gasteiger partial charge in [-0.3, -0.25) is 0 Å². The molecule has 0 heterocycles. The lowest BCUT2D eigenvalue weighted by atomic mass is 10.1. The number of para-hydroxylation sites is 2. The fourth-order valence-electron chi connectivity index (χ4n) is 2.49. The van der Waals surface area contributed by atoms with Gasteiger partial charge in [0.15, 0.2) is 11.5 Å². The molecule has 25 heavy (non-hydrogen) atoms. The van der Waals surface area contributed by atoms with Gasteiger partial charge in [-0.25, -0.2) is 13.1 Å². The van der Waals surface area contributed by atoms with Gasteiger partial charge in [0.25, 0.3) is 0 Å². The Balaban J connectivity index is 1.63. The highest BCUT2D eigenvalue weighted by Crippen LogP contribution is 2.25. The van der Waals surface area contributed by atoms with E-state index in [1.807, 2.05) is 36.4 Å². The molecule has 0 aliphatic rings. The molecule has 3 aromatic rings. The van der Waals surface area contributed by atoms with Gasteiger partial charge in [-0.1, -0.05) is 42.5 Å². The first-order valence-corrected chi connectivity index (χ1v) is 9.33. The van der Waals surface area contributed by atoms with Gasteiger partial charge >= 0.3 is 0 Å². The molecule has 0 aliphatic carbocycles. The number of fused-ring (bicyclic) bond motifs is 1. The smallest absolute Gasteiger partial charge is 0.240 e. The highest BCUT2D eigenvalue weighted by atomic mass is 32.2. The minimum absolute atomic E-state index is 0.160. The second-order valence-corrected chi connectivity index (χ2v) is 7.17. The second kappa shape index (κ2) is 7.55. The number of sulfonamides is 1. The van der Waals surface area contributed by atoms with E-state index in [2.05, 4.69) is 4.72 Å². The number of ether oxygens (including phenoxy) is 2. The molecule has 0 radical (unpaired) electrons. The van der Waals surface area contributed by atoms with Gasteiger partial charge in [0.2, 0.25) is 10.0 Å². The van der Waals surface area contributed by atoms with Crippen LogP contribution < -0.4 is 14.2 Å². The Labute approximate surface area is 147 Å². The fraction of sp³-hybridized carbons (Fsp3) is 0.158. The molecule has 5 nitrogen and oxygen atoms in total. The molecule has 0 aromatic heterocycles. The lowest BCUT2D eigenvalue weighted by molar-refractivity contribution is 0.299. The first-order valence-electron chi connectivity index (χ1n) is 7.84. The third kappa shape index (κ3) is 4.10. The second-order valence-electron chi connectivity index (χ2n) is 5.41. The predicted octanol–water partition coefficient (Wildman–Crippen LogP) is 3.21. The van der Waals surface area contributed by atoms with Crippen LogP contribution in [0, 0.1) is 0 Å². The summed E-state index contributed by atoms with van der Waals surface area (Å²) in [5, 5.41) is 1.89. The zero-order chi connectivity index (χ0) is 17.7. The van der Waals surface area contributed by atoms with Crippen LogP contribution in [0.3, 0.4) is 0 Å². The molecule has 0 aliphatic heterocycles. The SMILES string of the molecule is COc1ccccc1OCCNS(=O)(=O)c1ccc2ccccc2c1. The van der Waals surface area contributed by atoms with Gasteiger partial charge in [-0.2, -0.15) is 0 Å². The largest absolute Gasteiger partial charge is 0.493 e. The van der Waals surface area contributed by atoms with E-state index in [1.165, 1.54) is 0 Å². The van der Waals surface area contributed by atoms with Crippen molar-refractivity contribution >= 4 is 20.8 Å². The molecule has 6 heteroatoms. The molecule has 0 amide bonds. The number of hydrogen-bond acceptors (Lipinski definition) is 4. The summed E-state index contributed by atoms with van der Waals surface area (Å²) in [7, 11) is -2.02. The van der Waals surface area contributed by atoms with E-state index < -0.39 is 10.0 Å². The minimum atomic E-state index is -3.58. The van der Waals surface area contributed by atoms with Gasteiger partial charge in [0, 0.05) is 6.54 Å². The Bertz CT molecular complexity index is 970. The maximum Gasteiger partial charge on any atom is 0.240 e. The summed E-state index contributed by atoms with van der Waals surface area (Å²) in [6.45, 7) is 0.362.